The van der Waals surface area contributed by atoms with Crippen LogP contribution in [0.5, 0.6) is 0 Å². The molecule has 4 heteroatoms. The number of hydrogen-bond donors (Lipinski definition) is 1. The van der Waals surface area contributed by atoms with Gasteiger partial charge in [0.15, 0.2) is 5.92 Å². The first-order valence-corrected chi connectivity index (χ1v) is 4.45. The maximum absolute atomic E-state index is 11.3. The van der Waals surface area contributed by atoms with Crippen molar-refractivity contribution in [3.8, 4) is 6.07 Å². The summed E-state index contributed by atoms with van der Waals surface area (Å²) in [6.07, 6.45) is 7.07. The summed E-state index contributed by atoms with van der Waals surface area (Å²) in [6, 6.07) is 1.65. The van der Waals surface area contributed by atoms with E-state index in [1.54, 1.807) is 31.4 Å². The first-order valence-electron chi connectivity index (χ1n) is 4.45. The lowest BCUT2D eigenvalue weighted by Gasteiger charge is -2.19. The average molecular weight is 192 g/mol. The number of carbonyl (C=O) groups is 1. The molecule has 1 N–H and O–H groups in total. The first-order chi connectivity index (χ1) is 6.79. The number of rotatable bonds is 3. The van der Waals surface area contributed by atoms with Crippen molar-refractivity contribution < 1.29 is 9.53 Å². The molecule has 0 aromatic rings. The van der Waals surface area contributed by atoms with E-state index in [2.05, 4.69) is 5.32 Å². The highest BCUT2D eigenvalue weighted by Gasteiger charge is 2.27. The topological polar surface area (TPSA) is 62.1 Å². The van der Waals surface area contributed by atoms with Gasteiger partial charge in [-0.3, -0.25) is 4.79 Å². The fourth-order valence-corrected chi connectivity index (χ4v) is 1.18. The number of hydrogen-bond acceptors (Lipinski definition) is 4. The molecule has 0 amide bonds. The van der Waals surface area contributed by atoms with Gasteiger partial charge in [0.25, 0.3) is 0 Å². The van der Waals surface area contributed by atoms with Crippen LogP contribution >= 0.6 is 0 Å². The minimum Gasteiger partial charge on any atom is -0.465 e. The smallest absolute Gasteiger partial charge is 0.325 e. The van der Waals surface area contributed by atoms with E-state index in [1.807, 2.05) is 6.07 Å². The monoisotopic (exact) mass is 192 g/mol. The Morgan fingerprint density at radius 1 is 1.71 bits per heavy atom. The van der Waals surface area contributed by atoms with E-state index in [4.69, 9.17) is 10.00 Å². The van der Waals surface area contributed by atoms with E-state index in [0.717, 1.165) is 0 Å². The third-order valence-corrected chi connectivity index (χ3v) is 1.85. The fourth-order valence-electron chi connectivity index (χ4n) is 1.18. The lowest BCUT2D eigenvalue weighted by Crippen LogP contribution is -2.37. The average Bonchev–Trinajstić information content (AvgIpc) is 2.21. The Labute approximate surface area is 82.9 Å². The van der Waals surface area contributed by atoms with Crippen LogP contribution < -0.4 is 5.32 Å². The predicted octanol–water partition coefficient (Wildman–Crippen LogP) is 0.731. The quantitative estimate of drug-likeness (QED) is 0.669. The molecule has 0 radical (unpaired) electrons. The minimum absolute atomic E-state index is 0.288. The third kappa shape index (κ3) is 2.36. The van der Waals surface area contributed by atoms with Crippen molar-refractivity contribution >= 4 is 5.97 Å². The Morgan fingerprint density at radius 3 is 3.00 bits per heavy atom. The summed E-state index contributed by atoms with van der Waals surface area (Å²) in [5.74, 6) is -1.26. The molecule has 1 aliphatic heterocycles. The number of carbonyl (C=O) groups excluding carboxylic acids is 1. The molecule has 0 saturated carbocycles. The molecule has 0 aromatic carbocycles. The van der Waals surface area contributed by atoms with Crippen LogP contribution in [0.2, 0.25) is 0 Å². The van der Waals surface area contributed by atoms with Crippen LogP contribution in [-0.2, 0) is 9.53 Å². The molecular weight excluding hydrogens is 180 g/mol. The largest absolute Gasteiger partial charge is 0.465 e. The third-order valence-electron chi connectivity index (χ3n) is 1.85. The number of dihydropyridines is 1. The predicted molar refractivity (Wildman–Crippen MR) is 50.9 cm³/mol. The Bertz CT molecular complexity index is 302. The molecule has 0 saturated heterocycles. The van der Waals surface area contributed by atoms with E-state index in [-0.39, 0.29) is 6.04 Å². The van der Waals surface area contributed by atoms with Gasteiger partial charge in [-0.1, -0.05) is 12.2 Å². The van der Waals surface area contributed by atoms with Crippen LogP contribution in [-0.4, -0.2) is 18.6 Å². The molecule has 0 fully saturated rings. The van der Waals surface area contributed by atoms with Gasteiger partial charge in [0.2, 0.25) is 0 Å². The summed E-state index contributed by atoms with van der Waals surface area (Å²) < 4.78 is 4.79. The minimum atomic E-state index is -0.781. The molecule has 1 heterocycles. The van der Waals surface area contributed by atoms with Crippen LogP contribution in [0.3, 0.4) is 0 Å². The highest BCUT2D eigenvalue weighted by Crippen LogP contribution is 2.09. The van der Waals surface area contributed by atoms with Crippen molar-refractivity contribution in [1.82, 2.24) is 5.32 Å². The molecule has 2 atom stereocenters. The molecule has 0 spiro atoms. The molecule has 74 valence electrons. The van der Waals surface area contributed by atoms with Gasteiger partial charge in [-0.05, 0) is 19.2 Å². The molecule has 14 heavy (non-hydrogen) atoms. The Kier molecular flexibility index (Phi) is 3.74. The second-order valence-corrected chi connectivity index (χ2v) is 2.80. The molecule has 2 unspecified atom stereocenters. The number of esters is 1. The maximum Gasteiger partial charge on any atom is 0.325 e. The van der Waals surface area contributed by atoms with E-state index in [9.17, 15) is 4.79 Å². The van der Waals surface area contributed by atoms with Crippen LogP contribution in [0.4, 0.5) is 0 Å². The number of ether oxygens (including phenoxy) is 1. The number of nitrogens with one attached hydrogen (secondary N) is 1. The van der Waals surface area contributed by atoms with Crippen LogP contribution in [0.15, 0.2) is 24.4 Å². The summed E-state index contributed by atoms with van der Waals surface area (Å²) >= 11 is 0. The van der Waals surface area contributed by atoms with Crippen molar-refractivity contribution in [2.45, 2.75) is 13.0 Å². The molecule has 0 aromatic heterocycles. The van der Waals surface area contributed by atoms with E-state index in [1.165, 1.54) is 0 Å². The summed E-state index contributed by atoms with van der Waals surface area (Å²) in [5, 5.41) is 11.7. The van der Waals surface area contributed by atoms with E-state index < -0.39 is 11.9 Å². The zero-order chi connectivity index (χ0) is 10.4. The highest BCUT2D eigenvalue weighted by atomic mass is 16.5. The van der Waals surface area contributed by atoms with Gasteiger partial charge in [-0.25, -0.2) is 0 Å². The first kappa shape index (κ1) is 10.3. The Hall–Kier alpha value is -1.76. The van der Waals surface area contributed by atoms with E-state index in [0.29, 0.717) is 6.61 Å². The molecule has 4 nitrogen and oxygen atoms in total. The highest BCUT2D eigenvalue weighted by molar-refractivity contribution is 5.76. The van der Waals surface area contributed by atoms with Crippen molar-refractivity contribution in [2.24, 2.45) is 5.92 Å². The summed E-state index contributed by atoms with van der Waals surface area (Å²) in [7, 11) is 0. The normalized spacial score (nSPS) is 20.7. The van der Waals surface area contributed by atoms with Gasteiger partial charge in [-0.2, -0.15) is 5.26 Å². The SMILES string of the molecule is CCOC(=O)C(C#N)C1C=CC=CN1. The van der Waals surface area contributed by atoms with Gasteiger partial charge in [-0.15, -0.1) is 0 Å². The van der Waals surface area contributed by atoms with Crippen LogP contribution in [0.1, 0.15) is 6.92 Å². The van der Waals surface area contributed by atoms with Gasteiger partial charge < -0.3 is 10.1 Å². The summed E-state index contributed by atoms with van der Waals surface area (Å²) in [4.78, 5) is 11.3. The van der Waals surface area contributed by atoms with Gasteiger partial charge >= 0.3 is 5.97 Å². The number of allylic oxidation sites excluding steroid dienone is 2. The zero-order valence-electron chi connectivity index (χ0n) is 7.93. The molecular formula is C10H12N2O2. The maximum atomic E-state index is 11.3. The standard InChI is InChI=1S/C10H12N2O2/c1-2-14-10(13)8(7-11)9-5-3-4-6-12-9/h3-6,8-9,12H,2H2,1H3. The fraction of sp³-hybridized carbons (Fsp3) is 0.400. The Balaban J connectivity index is 2.63. The lowest BCUT2D eigenvalue weighted by atomic mass is 10.00. The van der Waals surface area contributed by atoms with Gasteiger partial charge in [0.1, 0.15) is 0 Å². The van der Waals surface area contributed by atoms with Crippen molar-refractivity contribution in [3.63, 3.8) is 0 Å². The van der Waals surface area contributed by atoms with Gasteiger partial charge in [0, 0.05) is 0 Å². The lowest BCUT2D eigenvalue weighted by molar-refractivity contribution is -0.146. The molecule has 0 bridgehead atoms. The second kappa shape index (κ2) is 5.07. The molecule has 1 rings (SSSR count). The number of nitriles is 1. The van der Waals surface area contributed by atoms with Crippen molar-refractivity contribution in [3.05, 3.63) is 24.4 Å². The van der Waals surface area contributed by atoms with Crippen molar-refractivity contribution in [1.29, 1.82) is 5.26 Å². The van der Waals surface area contributed by atoms with Crippen LogP contribution in [0, 0.1) is 17.2 Å². The van der Waals surface area contributed by atoms with Crippen molar-refractivity contribution in [2.75, 3.05) is 6.61 Å². The summed E-state index contributed by atoms with van der Waals surface area (Å²) in [5.41, 5.74) is 0. The number of nitrogens with zero attached hydrogens (tertiary/aromatic N) is 1. The van der Waals surface area contributed by atoms with Gasteiger partial charge in [0.05, 0.1) is 18.7 Å². The van der Waals surface area contributed by atoms with E-state index >= 15 is 0 Å². The Morgan fingerprint density at radius 2 is 2.50 bits per heavy atom. The summed E-state index contributed by atoms with van der Waals surface area (Å²) in [6.45, 7) is 2.01. The molecule has 1 aliphatic rings. The second-order valence-electron chi connectivity index (χ2n) is 2.80. The zero-order valence-corrected chi connectivity index (χ0v) is 7.93. The van der Waals surface area contributed by atoms with Crippen LogP contribution in [0.25, 0.3) is 0 Å². The molecule has 0 aliphatic carbocycles.